The predicted octanol–water partition coefficient (Wildman–Crippen LogP) is 0.929. The summed E-state index contributed by atoms with van der Waals surface area (Å²) >= 11 is 0. The predicted molar refractivity (Wildman–Crippen MR) is 69.9 cm³/mol. The lowest BCUT2D eigenvalue weighted by molar-refractivity contribution is -0.120. The average Bonchev–Trinajstić information content (AvgIpc) is 2.43. The molecule has 1 aromatic rings. The number of amides is 1. The third-order valence-corrected chi connectivity index (χ3v) is 2.62. The monoisotopic (exact) mass is 252 g/mol. The topological polar surface area (TPSA) is 59.6 Å². The molecule has 0 spiro atoms. The Balaban J connectivity index is 2.49. The third-order valence-electron chi connectivity index (χ3n) is 2.62. The van der Waals surface area contributed by atoms with Gasteiger partial charge in [-0.25, -0.2) is 0 Å². The number of nitrogens with one attached hydrogen (secondary N) is 2. The second-order valence-corrected chi connectivity index (χ2v) is 3.78. The van der Waals surface area contributed by atoms with Crippen molar-refractivity contribution in [3.63, 3.8) is 0 Å². The fourth-order valence-corrected chi connectivity index (χ4v) is 1.55. The largest absolute Gasteiger partial charge is 0.497 e. The van der Waals surface area contributed by atoms with Crippen LogP contribution in [-0.4, -0.2) is 33.7 Å². The van der Waals surface area contributed by atoms with Crippen molar-refractivity contribution in [2.75, 3.05) is 27.8 Å². The van der Waals surface area contributed by atoms with Crippen LogP contribution in [0, 0.1) is 0 Å². The Bertz CT molecular complexity index is 394. The van der Waals surface area contributed by atoms with Crippen LogP contribution in [0.3, 0.4) is 0 Å². The summed E-state index contributed by atoms with van der Waals surface area (Å²) in [6, 6.07) is 5.68. The van der Waals surface area contributed by atoms with E-state index >= 15 is 0 Å². The molecule has 0 aliphatic carbocycles. The van der Waals surface area contributed by atoms with E-state index < -0.39 is 0 Å². The zero-order valence-corrected chi connectivity index (χ0v) is 11.1. The minimum atomic E-state index is 0.0317. The number of rotatable bonds is 7. The molecule has 0 unspecified atom stereocenters. The van der Waals surface area contributed by atoms with E-state index in [0.717, 1.165) is 17.1 Å². The molecule has 0 heterocycles. The highest BCUT2D eigenvalue weighted by atomic mass is 16.5. The van der Waals surface area contributed by atoms with Crippen LogP contribution in [0.15, 0.2) is 18.2 Å². The first-order chi connectivity index (χ1) is 8.71. The third kappa shape index (κ3) is 4.25. The van der Waals surface area contributed by atoms with Crippen LogP contribution in [0.25, 0.3) is 0 Å². The van der Waals surface area contributed by atoms with E-state index in [1.807, 2.05) is 18.2 Å². The van der Waals surface area contributed by atoms with Gasteiger partial charge in [0.2, 0.25) is 5.91 Å². The normalized spacial score (nSPS) is 9.94. The summed E-state index contributed by atoms with van der Waals surface area (Å²) in [5, 5.41) is 5.78. The lowest BCUT2D eigenvalue weighted by Gasteiger charge is -2.11. The minimum Gasteiger partial charge on any atom is -0.497 e. The molecule has 1 aromatic carbocycles. The molecule has 0 aliphatic rings. The summed E-state index contributed by atoms with van der Waals surface area (Å²) in [5.74, 6) is 1.58. The van der Waals surface area contributed by atoms with Gasteiger partial charge in [-0.2, -0.15) is 0 Å². The first kappa shape index (κ1) is 14.3. The Labute approximate surface area is 107 Å². The van der Waals surface area contributed by atoms with E-state index in [4.69, 9.17) is 9.47 Å². The Morgan fingerprint density at radius 1 is 1.28 bits per heavy atom. The van der Waals surface area contributed by atoms with Gasteiger partial charge in [-0.3, -0.25) is 4.79 Å². The van der Waals surface area contributed by atoms with Crippen molar-refractivity contribution in [1.29, 1.82) is 0 Å². The SMILES string of the molecule is CNC(=O)CCNCc1ccc(OC)cc1OC. The molecule has 18 heavy (non-hydrogen) atoms. The zero-order valence-electron chi connectivity index (χ0n) is 11.1. The van der Waals surface area contributed by atoms with Gasteiger partial charge < -0.3 is 20.1 Å². The second kappa shape index (κ2) is 7.55. The minimum absolute atomic E-state index is 0.0317. The maximum Gasteiger partial charge on any atom is 0.221 e. The molecule has 0 radical (unpaired) electrons. The fraction of sp³-hybridized carbons (Fsp3) is 0.462. The van der Waals surface area contributed by atoms with Crippen LogP contribution in [0.4, 0.5) is 0 Å². The standard InChI is InChI=1S/C13H20N2O3/c1-14-13(16)6-7-15-9-10-4-5-11(17-2)8-12(10)18-3/h4-5,8,15H,6-7,9H2,1-3H3,(H,14,16). The first-order valence-electron chi connectivity index (χ1n) is 5.83. The Morgan fingerprint density at radius 2 is 2.06 bits per heavy atom. The van der Waals surface area contributed by atoms with E-state index in [9.17, 15) is 4.79 Å². The lowest BCUT2D eigenvalue weighted by Crippen LogP contribution is -2.24. The van der Waals surface area contributed by atoms with Crippen LogP contribution in [0.2, 0.25) is 0 Å². The van der Waals surface area contributed by atoms with Gasteiger partial charge in [0.1, 0.15) is 11.5 Å². The summed E-state index contributed by atoms with van der Waals surface area (Å²) in [4.78, 5) is 11.0. The molecule has 5 heteroatoms. The highest BCUT2D eigenvalue weighted by Crippen LogP contribution is 2.24. The van der Waals surface area contributed by atoms with E-state index in [1.54, 1.807) is 21.3 Å². The molecule has 0 saturated carbocycles. The maximum absolute atomic E-state index is 11.0. The summed E-state index contributed by atoms with van der Waals surface area (Å²) in [5.41, 5.74) is 1.04. The number of carbonyl (C=O) groups is 1. The molecule has 0 aliphatic heterocycles. The molecule has 5 nitrogen and oxygen atoms in total. The Kier molecular flexibility index (Phi) is 6.00. The van der Waals surface area contributed by atoms with Crippen molar-refractivity contribution in [1.82, 2.24) is 10.6 Å². The van der Waals surface area contributed by atoms with Crippen molar-refractivity contribution in [2.45, 2.75) is 13.0 Å². The first-order valence-corrected chi connectivity index (χ1v) is 5.83. The summed E-state index contributed by atoms with van der Waals surface area (Å²) in [6.45, 7) is 1.29. The van der Waals surface area contributed by atoms with Crippen molar-refractivity contribution < 1.29 is 14.3 Å². The quantitative estimate of drug-likeness (QED) is 0.709. The Hall–Kier alpha value is -1.75. The lowest BCUT2D eigenvalue weighted by atomic mass is 10.2. The Morgan fingerprint density at radius 3 is 2.67 bits per heavy atom. The summed E-state index contributed by atoms with van der Waals surface area (Å²) < 4.78 is 10.4. The van der Waals surface area contributed by atoms with Crippen molar-refractivity contribution in [2.24, 2.45) is 0 Å². The van der Waals surface area contributed by atoms with Gasteiger partial charge in [0, 0.05) is 38.2 Å². The smallest absolute Gasteiger partial charge is 0.221 e. The molecule has 0 atom stereocenters. The molecule has 2 N–H and O–H groups in total. The highest BCUT2D eigenvalue weighted by molar-refractivity contribution is 5.75. The molecule has 1 amide bonds. The molecule has 0 fully saturated rings. The van der Waals surface area contributed by atoms with E-state index in [-0.39, 0.29) is 5.91 Å². The van der Waals surface area contributed by atoms with Gasteiger partial charge in [0.25, 0.3) is 0 Å². The van der Waals surface area contributed by atoms with Crippen LogP contribution >= 0.6 is 0 Å². The fourth-order valence-electron chi connectivity index (χ4n) is 1.55. The van der Waals surface area contributed by atoms with Crippen molar-refractivity contribution >= 4 is 5.91 Å². The molecule has 0 aromatic heterocycles. The number of benzene rings is 1. The number of ether oxygens (including phenoxy) is 2. The highest BCUT2D eigenvalue weighted by Gasteiger charge is 2.05. The van der Waals surface area contributed by atoms with Gasteiger partial charge in [0.15, 0.2) is 0 Å². The number of hydrogen-bond donors (Lipinski definition) is 2. The number of hydrogen-bond acceptors (Lipinski definition) is 4. The summed E-state index contributed by atoms with van der Waals surface area (Å²) in [7, 11) is 4.88. The maximum atomic E-state index is 11.0. The molecule has 1 rings (SSSR count). The summed E-state index contributed by atoms with van der Waals surface area (Å²) in [6.07, 6.45) is 0.467. The van der Waals surface area contributed by atoms with Gasteiger partial charge in [0.05, 0.1) is 14.2 Å². The zero-order chi connectivity index (χ0) is 13.4. The van der Waals surface area contributed by atoms with Crippen molar-refractivity contribution in [3.8, 4) is 11.5 Å². The van der Waals surface area contributed by atoms with Gasteiger partial charge >= 0.3 is 0 Å². The van der Waals surface area contributed by atoms with Crippen LogP contribution in [-0.2, 0) is 11.3 Å². The van der Waals surface area contributed by atoms with Crippen LogP contribution in [0.1, 0.15) is 12.0 Å². The number of methoxy groups -OCH3 is 2. The number of carbonyl (C=O) groups excluding carboxylic acids is 1. The molecule has 100 valence electrons. The van der Waals surface area contributed by atoms with E-state index in [0.29, 0.717) is 19.5 Å². The molecule has 0 saturated heterocycles. The molecular weight excluding hydrogens is 232 g/mol. The van der Waals surface area contributed by atoms with E-state index in [2.05, 4.69) is 10.6 Å². The van der Waals surface area contributed by atoms with Gasteiger partial charge in [-0.15, -0.1) is 0 Å². The van der Waals surface area contributed by atoms with Gasteiger partial charge in [-0.05, 0) is 6.07 Å². The average molecular weight is 252 g/mol. The molecule has 0 bridgehead atoms. The molecular formula is C13H20N2O3. The van der Waals surface area contributed by atoms with E-state index in [1.165, 1.54) is 0 Å². The van der Waals surface area contributed by atoms with Crippen molar-refractivity contribution in [3.05, 3.63) is 23.8 Å². The second-order valence-electron chi connectivity index (χ2n) is 3.78. The van der Waals surface area contributed by atoms with Gasteiger partial charge in [-0.1, -0.05) is 6.07 Å². The van der Waals surface area contributed by atoms with Crippen LogP contribution in [0.5, 0.6) is 11.5 Å². The van der Waals surface area contributed by atoms with Crippen LogP contribution < -0.4 is 20.1 Å².